The van der Waals surface area contributed by atoms with Crippen LogP contribution in [-0.2, 0) is 6.54 Å². The average molecular weight is 246 g/mol. The summed E-state index contributed by atoms with van der Waals surface area (Å²) in [6.07, 6.45) is 1.97. The second-order valence-electron chi connectivity index (χ2n) is 4.82. The first kappa shape index (κ1) is 14.9. The zero-order valence-corrected chi connectivity index (χ0v) is 11.9. The molecule has 1 aromatic carbocycles. The molecule has 0 aliphatic heterocycles. The Morgan fingerprint density at radius 3 is 2.50 bits per heavy atom. The van der Waals surface area contributed by atoms with Crippen LogP contribution in [0.5, 0.6) is 0 Å². The van der Waals surface area contributed by atoms with Gasteiger partial charge in [0, 0.05) is 19.6 Å². The minimum Gasteiger partial charge on any atom is -0.319 e. The molecule has 0 spiro atoms. The second-order valence-corrected chi connectivity index (χ2v) is 4.82. The molecule has 0 saturated carbocycles. The lowest BCUT2D eigenvalue weighted by Crippen LogP contribution is -2.22. The lowest BCUT2D eigenvalue weighted by Gasteiger charge is -2.19. The van der Waals surface area contributed by atoms with E-state index in [4.69, 9.17) is 0 Å². The first-order chi connectivity index (χ1) is 8.71. The molecule has 0 bridgehead atoms. The zero-order chi connectivity index (χ0) is 13.4. The van der Waals surface area contributed by atoms with Crippen LogP contribution in [0.3, 0.4) is 0 Å². The summed E-state index contributed by atoms with van der Waals surface area (Å²) < 4.78 is 0. The summed E-state index contributed by atoms with van der Waals surface area (Å²) in [5, 5.41) is 3.22. The summed E-state index contributed by atoms with van der Waals surface area (Å²) in [7, 11) is 2.00. The molecule has 1 rings (SSSR count). The van der Waals surface area contributed by atoms with Crippen molar-refractivity contribution in [1.82, 2.24) is 10.2 Å². The first-order valence-electron chi connectivity index (χ1n) is 6.78. The van der Waals surface area contributed by atoms with Gasteiger partial charge in [-0.05, 0) is 30.6 Å². The van der Waals surface area contributed by atoms with E-state index in [-0.39, 0.29) is 0 Å². The van der Waals surface area contributed by atoms with E-state index in [2.05, 4.69) is 54.9 Å². The maximum absolute atomic E-state index is 3.80. The minimum absolute atomic E-state index is 0.569. The number of hydrogen-bond acceptors (Lipinski definition) is 2. The Morgan fingerprint density at radius 1 is 1.33 bits per heavy atom. The average Bonchev–Trinajstić information content (AvgIpc) is 2.39. The predicted molar refractivity (Wildman–Crippen MR) is 79.9 cm³/mol. The van der Waals surface area contributed by atoms with Crippen LogP contribution in [0, 0.1) is 0 Å². The van der Waals surface area contributed by atoms with Gasteiger partial charge in [0.15, 0.2) is 0 Å². The monoisotopic (exact) mass is 246 g/mol. The fourth-order valence-corrected chi connectivity index (χ4v) is 2.12. The number of rotatable bonds is 8. The van der Waals surface area contributed by atoms with E-state index >= 15 is 0 Å². The third-order valence-corrected chi connectivity index (χ3v) is 3.30. The van der Waals surface area contributed by atoms with E-state index < -0.39 is 0 Å². The molecule has 0 saturated heterocycles. The van der Waals surface area contributed by atoms with Gasteiger partial charge in [-0.15, -0.1) is 6.58 Å². The summed E-state index contributed by atoms with van der Waals surface area (Å²) in [6, 6.07) is 8.98. The number of hydrogen-bond donors (Lipinski definition) is 1. The highest BCUT2D eigenvalue weighted by Crippen LogP contribution is 2.15. The van der Waals surface area contributed by atoms with Crippen molar-refractivity contribution in [2.45, 2.75) is 26.3 Å². The van der Waals surface area contributed by atoms with Crippen LogP contribution in [0.15, 0.2) is 36.9 Å². The van der Waals surface area contributed by atoms with E-state index in [1.807, 2.05) is 13.1 Å². The predicted octanol–water partition coefficient (Wildman–Crippen LogP) is 3.02. The van der Waals surface area contributed by atoms with Crippen molar-refractivity contribution >= 4 is 0 Å². The van der Waals surface area contributed by atoms with Gasteiger partial charge in [0.05, 0.1) is 0 Å². The van der Waals surface area contributed by atoms with Gasteiger partial charge in [-0.3, -0.25) is 4.90 Å². The fraction of sp³-hybridized carbons (Fsp3) is 0.500. The molecule has 1 unspecified atom stereocenters. The largest absolute Gasteiger partial charge is 0.319 e. The molecule has 0 aromatic heterocycles. The summed E-state index contributed by atoms with van der Waals surface area (Å²) in [5.74, 6) is 0.569. The Labute approximate surface area is 112 Å². The van der Waals surface area contributed by atoms with E-state index in [0.717, 1.165) is 26.2 Å². The van der Waals surface area contributed by atoms with Crippen LogP contribution in [0.1, 0.15) is 30.9 Å². The highest BCUT2D eigenvalue weighted by molar-refractivity contribution is 5.25. The van der Waals surface area contributed by atoms with Gasteiger partial charge in [-0.2, -0.15) is 0 Å². The molecule has 100 valence electrons. The van der Waals surface area contributed by atoms with Crippen molar-refractivity contribution in [2.75, 3.05) is 26.7 Å². The van der Waals surface area contributed by atoms with Crippen LogP contribution < -0.4 is 5.32 Å². The zero-order valence-electron chi connectivity index (χ0n) is 11.9. The van der Waals surface area contributed by atoms with Gasteiger partial charge in [-0.25, -0.2) is 0 Å². The van der Waals surface area contributed by atoms with Crippen molar-refractivity contribution in [3.63, 3.8) is 0 Å². The second kappa shape index (κ2) is 8.06. The third-order valence-electron chi connectivity index (χ3n) is 3.30. The molecule has 1 atom stereocenters. The Bertz CT molecular complexity index is 343. The van der Waals surface area contributed by atoms with Crippen molar-refractivity contribution in [2.24, 2.45) is 0 Å². The van der Waals surface area contributed by atoms with E-state index in [1.54, 1.807) is 0 Å². The molecule has 2 heteroatoms. The fourth-order valence-electron chi connectivity index (χ4n) is 2.12. The molecule has 18 heavy (non-hydrogen) atoms. The maximum atomic E-state index is 3.80. The Morgan fingerprint density at radius 2 is 2.00 bits per heavy atom. The number of benzene rings is 1. The molecule has 0 aliphatic rings. The molecule has 0 amide bonds. The quantitative estimate of drug-likeness (QED) is 0.709. The number of likely N-dealkylation sites (N-methyl/N-ethyl adjacent to an activating group) is 2. The summed E-state index contributed by atoms with van der Waals surface area (Å²) in [5.41, 5.74) is 2.78. The summed E-state index contributed by atoms with van der Waals surface area (Å²) in [4.78, 5) is 2.37. The van der Waals surface area contributed by atoms with Crippen molar-refractivity contribution < 1.29 is 0 Å². The minimum atomic E-state index is 0.569. The molecule has 0 heterocycles. The Hall–Kier alpha value is -1.12. The molecule has 0 fully saturated rings. The van der Waals surface area contributed by atoms with Crippen LogP contribution in [-0.4, -0.2) is 31.6 Å². The number of nitrogens with zero attached hydrogens (tertiary/aromatic N) is 1. The van der Waals surface area contributed by atoms with Crippen LogP contribution in [0.4, 0.5) is 0 Å². The van der Waals surface area contributed by atoms with Gasteiger partial charge in [0.25, 0.3) is 0 Å². The highest BCUT2D eigenvalue weighted by Gasteiger charge is 2.05. The molecular weight excluding hydrogens is 220 g/mol. The maximum Gasteiger partial charge on any atom is 0.0236 e. The van der Waals surface area contributed by atoms with E-state index in [0.29, 0.717) is 5.92 Å². The lowest BCUT2D eigenvalue weighted by atomic mass is 10.00. The summed E-state index contributed by atoms with van der Waals surface area (Å²) in [6.45, 7) is 12.3. The molecule has 2 nitrogen and oxygen atoms in total. The lowest BCUT2D eigenvalue weighted by molar-refractivity contribution is 0.311. The Balaban J connectivity index is 2.61. The first-order valence-corrected chi connectivity index (χ1v) is 6.78. The molecule has 0 aliphatic carbocycles. The van der Waals surface area contributed by atoms with Crippen molar-refractivity contribution in [3.05, 3.63) is 48.0 Å². The van der Waals surface area contributed by atoms with Crippen LogP contribution >= 0.6 is 0 Å². The highest BCUT2D eigenvalue weighted by atomic mass is 15.1. The smallest absolute Gasteiger partial charge is 0.0236 e. The van der Waals surface area contributed by atoms with Gasteiger partial charge < -0.3 is 5.32 Å². The molecule has 0 radical (unpaired) electrons. The topological polar surface area (TPSA) is 15.3 Å². The molecular formula is C16H26N2. The SMILES string of the molecule is C=CCN(CC)Cc1ccc(C(C)CNC)cc1. The van der Waals surface area contributed by atoms with Gasteiger partial charge in [-0.1, -0.05) is 44.2 Å². The number of nitrogens with one attached hydrogen (secondary N) is 1. The van der Waals surface area contributed by atoms with E-state index in [1.165, 1.54) is 11.1 Å². The van der Waals surface area contributed by atoms with E-state index in [9.17, 15) is 0 Å². The molecule has 1 N–H and O–H groups in total. The van der Waals surface area contributed by atoms with Gasteiger partial charge in [0.2, 0.25) is 0 Å². The summed E-state index contributed by atoms with van der Waals surface area (Å²) >= 11 is 0. The Kier molecular flexibility index (Phi) is 6.69. The standard InChI is InChI=1S/C16H26N2/c1-5-11-18(6-2)13-15-7-9-16(10-8-15)14(3)12-17-4/h5,7-10,14,17H,1,6,11-13H2,2-4H3. The third kappa shape index (κ3) is 4.63. The molecule has 1 aromatic rings. The van der Waals surface area contributed by atoms with Gasteiger partial charge >= 0.3 is 0 Å². The van der Waals surface area contributed by atoms with Crippen molar-refractivity contribution in [3.8, 4) is 0 Å². The van der Waals surface area contributed by atoms with Crippen LogP contribution in [0.25, 0.3) is 0 Å². The normalized spacial score (nSPS) is 12.7. The van der Waals surface area contributed by atoms with Gasteiger partial charge in [0.1, 0.15) is 0 Å². The van der Waals surface area contributed by atoms with Crippen molar-refractivity contribution in [1.29, 1.82) is 0 Å². The van der Waals surface area contributed by atoms with Crippen LogP contribution in [0.2, 0.25) is 0 Å².